The van der Waals surface area contributed by atoms with Gasteiger partial charge in [-0.3, -0.25) is 0 Å². The first kappa shape index (κ1) is 17.4. The molecule has 21 heavy (non-hydrogen) atoms. The third-order valence-corrected chi connectivity index (χ3v) is 20.8. The van der Waals surface area contributed by atoms with E-state index in [1.54, 1.807) is 21.8 Å². The van der Waals surface area contributed by atoms with Crippen molar-refractivity contribution in [3.05, 3.63) is 60.7 Å². The van der Waals surface area contributed by atoms with E-state index in [2.05, 4.69) is 55.5 Å². The van der Waals surface area contributed by atoms with Crippen LogP contribution in [0.2, 0.25) is 0 Å². The van der Waals surface area contributed by atoms with Gasteiger partial charge in [0.25, 0.3) is 0 Å². The molecule has 2 aromatic carbocycles. The molecule has 0 radical (unpaired) electrons. The Bertz CT molecular complexity index is 535. The average Bonchev–Trinajstić information content (AvgIpc) is 2.54. The van der Waals surface area contributed by atoms with Gasteiger partial charge in [-0.05, 0) is 0 Å². The molecule has 0 atom stereocenters. The van der Waals surface area contributed by atoms with E-state index >= 15 is 0 Å². The fourth-order valence-electron chi connectivity index (χ4n) is 1.92. The molecule has 5 heteroatoms. The summed E-state index contributed by atoms with van der Waals surface area (Å²) in [6.07, 6.45) is 1.13. The first-order chi connectivity index (χ1) is 10.2. The molecule has 0 aliphatic carbocycles. The summed E-state index contributed by atoms with van der Waals surface area (Å²) in [6.45, 7) is 2.17. The van der Waals surface area contributed by atoms with Gasteiger partial charge in [0.05, 0.1) is 0 Å². The van der Waals surface area contributed by atoms with Crippen molar-refractivity contribution in [3.8, 4) is 0 Å². The van der Waals surface area contributed by atoms with Gasteiger partial charge in [0.15, 0.2) is 0 Å². The van der Waals surface area contributed by atoms with Crippen LogP contribution in [0.15, 0.2) is 60.7 Å². The molecule has 0 unspecified atom stereocenters. The number of halogens is 1. The van der Waals surface area contributed by atoms with Crippen LogP contribution in [0, 0.1) is 0 Å². The second-order valence-electron chi connectivity index (χ2n) is 4.53. The zero-order chi connectivity index (χ0) is 15.1. The number of rotatable bonds is 5. The molecule has 0 saturated carbocycles. The normalized spacial score (nSPS) is 11.3. The molecule has 110 valence electrons. The summed E-state index contributed by atoms with van der Waals surface area (Å²) in [4.78, 5) is 0. The van der Waals surface area contributed by atoms with Gasteiger partial charge >= 0.3 is 147 Å². The molecule has 2 rings (SSSR count). The molecule has 0 aromatic heterocycles. The fourth-order valence-corrected chi connectivity index (χ4v) is 20.1. The number of benzene rings is 2. The topological polar surface area (TPSA) is 0 Å². The van der Waals surface area contributed by atoms with Gasteiger partial charge in [-0.2, -0.15) is 0 Å². The Labute approximate surface area is 146 Å². The second kappa shape index (κ2) is 8.63. The molecule has 0 nitrogen and oxygen atoms in total. The summed E-state index contributed by atoms with van der Waals surface area (Å²) in [5.41, 5.74) is 0. The summed E-state index contributed by atoms with van der Waals surface area (Å²) in [7, 11) is 8.95. The van der Waals surface area contributed by atoms with Gasteiger partial charge in [0.2, 0.25) is 0 Å². The third kappa shape index (κ3) is 4.77. The van der Waals surface area contributed by atoms with Crippen molar-refractivity contribution in [3.63, 3.8) is 0 Å². The van der Waals surface area contributed by atoms with Crippen LogP contribution in [0.5, 0.6) is 0 Å². The Hall–Kier alpha value is 0.0629. The SMILES string of the molecule is CCCSC(=S)[S][Ge]([Cl])([c]1ccccc1)[c]1ccccc1. The van der Waals surface area contributed by atoms with Gasteiger partial charge in [-0.15, -0.1) is 0 Å². The first-order valence-electron chi connectivity index (χ1n) is 6.82. The molecule has 0 N–H and O–H groups in total. The summed E-state index contributed by atoms with van der Waals surface area (Å²) in [5.74, 6) is 1.06. The van der Waals surface area contributed by atoms with E-state index in [0.29, 0.717) is 0 Å². The van der Waals surface area contributed by atoms with E-state index in [-0.39, 0.29) is 0 Å². The van der Waals surface area contributed by atoms with Crippen LogP contribution in [0.25, 0.3) is 0 Å². The summed E-state index contributed by atoms with van der Waals surface area (Å²) >= 11 is 4.32. The minimum absolute atomic E-state index is 0.972. The van der Waals surface area contributed by atoms with Crippen molar-refractivity contribution in [1.29, 1.82) is 0 Å². The van der Waals surface area contributed by atoms with Crippen molar-refractivity contribution in [2.75, 3.05) is 5.75 Å². The van der Waals surface area contributed by atoms with E-state index < -0.39 is 11.2 Å². The molecule has 2 aromatic rings. The molecule has 0 spiro atoms. The molecule has 0 amide bonds. The monoisotopic (exact) mass is 414 g/mol. The van der Waals surface area contributed by atoms with Crippen molar-refractivity contribution in [1.82, 2.24) is 0 Å². The number of hydrogen-bond donors (Lipinski definition) is 0. The summed E-state index contributed by atoms with van der Waals surface area (Å²) in [5, 5.41) is 0. The quantitative estimate of drug-likeness (QED) is 0.518. The molecule has 0 aliphatic rings. The Kier molecular flexibility index (Phi) is 7.16. The predicted molar refractivity (Wildman–Crippen MR) is 107 cm³/mol. The third-order valence-electron chi connectivity index (χ3n) is 2.94. The summed E-state index contributed by atoms with van der Waals surface area (Å²) < 4.78 is 3.46. The van der Waals surface area contributed by atoms with Gasteiger partial charge in [0.1, 0.15) is 0 Å². The fraction of sp³-hybridized carbons (Fsp3) is 0.188. The zero-order valence-corrected chi connectivity index (χ0v) is 17.1. The molecule has 0 fully saturated rings. The molecule has 0 heterocycles. The number of hydrogen-bond acceptors (Lipinski definition) is 3. The average molecular weight is 414 g/mol. The van der Waals surface area contributed by atoms with Crippen LogP contribution >= 0.6 is 44.1 Å². The maximum atomic E-state index is 7.21. The van der Waals surface area contributed by atoms with Gasteiger partial charge < -0.3 is 0 Å². The van der Waals surface area contributed by atoms with Crippen molar-refractivity contribution >= 4 is 67.6 Å². The molecule has 0 bridgehead atoms. The van der Waals surface area contributed by atoms with Crippen LogP contribution in [0.4, 0.5) is 0 Å². The van der Waals surface area contributed by atoms with Crippen LogP contribution < -0.4 is 8.79 Å². The van der Waals surface area contributed by atoms with Crippen LogP contribution in [-0.2, 0) is 0 Å². The van der Waals surface area contributed by atoms with Crippen molar-refractivity contribution in [2.45, 2.75) is 13.3 Å². The first-order valence-corrected chi connectivity index (χ1v) is 16.5. The van der Waals surface area contributed by atoms with E-state index in [0.717, 1.165) is 15.7 Å². The number of thiocarbonyl (C=S) groups is 1. The Morgan fingerprint density at radius 1 is 1.00 bits per heavy atom. The second-order valence-corrected chi connectivity index (χ2v) is 20.9. The Morgan fingerprint density at radius 2 is 1.48 bits per heavy atom. The predicted octanol–water partition coefficient (Wildman–Crippen LogP) is 4.64. The van der Waals surface area contributed by atoms with E-state index in [1.165, 1.54) is 8.79 Å². The van der Waals surface area contributed by atoms with Gasteiger partial charge in [-0.1, -0.05) is 0 Å². The standard InChI is InChI=1S/C16H17ClGeS3/c1-2-13-20-16(19)21-18(17,14-9-5-3-6-10-14)15-11-7-4-8-12-15/h3-12H,2,13H2,1H3. The van der Waals surface area contributed by atoms with Crippen LogP contribution in [-0.4, -0.2) is 20.5 Å². The van der Waals surface area contributed by atoms with Crippen molar-refractivity contribution < 1.29 is 0 Å². The molecule has 0 saturated heterocycles. The summed E-state index contributed by atoms with van der Waals surface area (Å²) in [6, 6.07) is 20.9. The van der Waals surface area contributed by atoms with Crippen LogP contribution in [0.3, 0.4) is 0 Å². The van der Waals surface area contributed by atoms with E-state index in [4.69, 9.17) is 22.2 Å². The molecular weight excluding hydrogens is 396 g/mol. The maximum absolute atomic E-state index is 7.21. The number of thioether (sulfide) groups is 1. The Balaban J connectivity index is 2.33. The van der Waals surface area contributed by atoms with E-state index in [1.807, 2.05) is 12.1 Å². The van der Waals surface area contributed by atoms with E-state index in [9.17, 15) is 0 Å². The molecular formula is C16H17ClGeS3. The van der Waals surface area contributed by atoms with Crippen LogP contribution in [0.1, 0.15) is 13.3 Å². The van der Waals surface area contributed by atoms with Gasteiger partial charge in [-0.25, -0.2) is 0 Å². The van der Waals surface area contributed by atoms with Gasteiger partial charge in [0, 0.05) is 0 Å². The zero-order valence-electron chi connectivity index (χ0n) is 11.8. The minimum atomic E-state index is -2.99. The van der Waals surface area contributed by atoms with Crippen molar-refractivity contribution in [2.24, 2.45) is 0 Å². The molecule has 0 aliphatic heterocycles. The Morgan fingerprint density at radius 3 is 1.90 bits per heavy atom.